The molecule has 0 aliphatic heterocycles. The molecule has 2 aromatic rings. The van der Waals surface area contributed by atoms with Gasteiger partial charge >= 0.3 is 5.97 Å². The molecule has 0 aliphatic rings. The van der Waals surface area contributed by atoms with Crippen molar-refractivity contribution in [1.82, 2.24) is 0 Å². The molecule has 0 aliphatic carbocycles. The Morgan fingerprint density at radius 1 is 1.25 bits per heavy atom. The first kappa shape index (κ1) is 14.5. The maximum Gasteiger partial charge on any atom is 0.348 e. The summed E-state index contributed by atoms with van der Waals surface area (Å²) >= 11 is 4.45. The Balaban J connectivity index is 2.08. The van der Waals surface area contributed by atoms with Gasteiger partial charge in [0.05, 0.1) is 5.69 Å². The van der Waals surface area contributed by atoms with Crippen LogP contribution < -0.4 is 5.32 Å². The number of hydrogen-bond donors (Lipinski definition) is 2. The first-order valence-electron chi connectivity index (χ1n) is 5.62. The zero-order valence-electron chi connectivity index (χ0n) is 10.2. The van der Waals surface area contributed by atoms with E-state index in [-0.39, 0.29) is 10.8 Å². The Hall–Kier alpha value is -1.92. The number of nitrogens with one attached hydrogen (secondary N) is 1. The molecule has 0 radical (unpaired) electrons. The lowest BCUT2D eigenvalue weighted by Gasteiger charge is -2.01. The highest BCUT2D eigenvalue weighted by Gasteiger charge is 2.12. The summed E-state index contributed by atoms with van der Waals surface area (Å²) in [7, 11) is 0. The molecule has 1 aromatic carbocycles. The standard InChI is InChI=1S/C14H10BrNO3S/c15-10-4-2-1-3-9(10)5-6-12(17)16-11-7-8-20-13(11)14(18)19/h1-8H,(H,16,17)(H,18,19)/b6-5+. The SMILES string of the molecule is O=C(/C=C/c1ccccc1Br)Nc1ccsc1C(=O)O. The minimum absolute atomic E-state index is 0.118. The van der Waals surface area contributed by atoms with Crippen molar-refractivity contribution in [1.29, 1.82) is 0 Å². The Kier molecular flexibility index (Phi) is 4.70. The molecule has 4 nitrogen and oxygen atoms in total. The number of rotatable bonds is 4. The molecule has 0 spiro atoms. The molecule has 2 N–H and O–H groups in total. The largest absolute Gasteiger partial charge is 0.477 e. The summed E-state index contributed by atoms with van der Waals surface area (Å²) < 4.78 is 0.880. The van der Waals surface area contributed by atoms with Crippen LogP contribution in [0.15, 0.2) is 46.3 Å². The number of carboxylic acid groups (broad SMARTS) is 1. The van der Waals surface area contributed by atoms with Crippen LogP contribution in [0, 0.1) is 0 Å². The number of benzene rings is 1. The van der Waals surface area contributed by atoms with E-state index in [1.165, 1.54) is 6.08 Å². The second-order valence-corrected chi connectivity index (χ2v) is 5.58. The minimum atomic E-state index is -1.05. The molecule has 1 aromatic heterocycles. The number of thiophene rings is 1. The Labute approximate surface area is 127 Å². The van der Waals surface area contributed by atoms with Crippen molar-refractivity contribution < 1.29 is 14.7 Å². The third kappa shape index (κ3) is 3.55. The van der Waals surface area contributed by atoms with Gasteiger partial charge in [-0.3, -0.25) is 4.79 Å². The van der Waals surface area contributed by atoms with Crippen molar-refractivity contribution in [2.24, 2.45) is 0 Å². The third-order valence-corrected chi connectivity index (χ3v) is 4.06. The van der Waals surface area contributed by atoms with Gasteiger partial charge < -0.3 is 10.4 Å². The Morgan fingerprint density at radius 2 is 2.00 bits per heavy atom. The molecular weight excluding hydrogens is 342 g/mol. The maximum atomic E-state index is 11.8. The van der Waals surface area contributed by atoms with Gasteiger partial charge in [-0.15, -0.1) is 11.3 Å². The number of halogens is 1. The van der Waals surface area contributed by atoms with E-state index >= 15 is 0 Å². The van der Waals surface area contributed by atoms with Gasteiger partial charge in [0.25, 0.3) is 0 Å². The van der Waals surface area contributed by atoms with Crippen LogP contribution in [0.3, 0.4) is 0 Å². The van der Waals surface area contributed by atoms with E-state index in [1.54, 1.807) is 17.5 Å². The fourth-order valence-corrected chi connectivity index (χ4v) is 2.63. The van der Waals surface area contributed by atoms with E-state index in [2.05, 4.69) is 21.2 Å². The van der Waals surface area contributed by atoms with Gasteiger partial charge in [0.1, 0.15) is 4.88 Å². The van der Waals surface area contributed by atoms with Crippen molar-refractivity contribution in [3.05, 3.63) is 56.7 Å². The van der Waals surface area contributed by atoms with Crippen LogP contribution in [0.4, 0.5) is 5.69 Å². The molecule has 20 heavy (non-hydrogen) atoms. The molecular formula is C14H10BrNO3S. The summed E-state index contributed by atoms with van der Waals surface area (Å²) in [6.07, 6.45) is 3.02. The van der Waals surface area contributed by atoms with Crippen molar-refractivity contribution in [3.8, 4) is 0 Å². The molecule has 2 rings (SSSR count). The molecule has 0 atom stereocenters. The van der Waals surface area contributed by atoms with Crippen molar-refractivity contribution in [3.63, 3.8) is 0 Å². The summed E-state index contributed by atoms with van der Waals surface area (Å²) in [6.45, 7) is 0. The van der Waals surface area contributed by atoms with Crippen LogP contribution in [0.1, 0.15) is 15.2 Å². The minimum Gasteiger partial charge on any atom is -0.477 e. The zero-order valence-corrected chi connectivity index (χ0v) is 12.6. The molecule has 102 valence electrons. The van der Waals surface area contributed by atoms with Gasteiger partial charge in [0.2, 0.25) is 5.91 Å². The molecule has 0 fully saturated rings. The van der Waals surface area contributed by atoms with E-state index in [4.69, 9.17) is 5.11 Å². The number of carbonyl (C=O) groups excluding carboxylic acids is 1. The van der Waals surface area contributed by atoms with Gasteiger partial charge in [-0.05, 0) is 29.2 Å². The van der Waals surface area contributed by atoms with Gasteiger partial charge in [0, 0.05) is 10.5 Å². The van der Waals surface area contributed by atoms with E-state index in [1.807, 2.05) is 24.3 Å². The van der Waals surface area contributed by atoms with E-state index in [0.29, 0.717) is 5.69 Å². The average Bonchev–Trinajstić information content (AvgIpc) is 2.86. The molecule has 0 unspecified atom stereocenters. The number of anilines is 1. The quantitative estimate of drug-likeness (QED) is 0.821. The lowest BCUT2D eigenvalue weighted by Crippen LogP contribution is -2.09. The Morgan fingerprint density at radius 3 is 2.70 bits per heavy atom. The van der Waals surface area contributed by atoms with Crippen molar-refractivity contribution in [2.45, 2.75) is 0 Å². The van der Waals surface area contributed by atoms with Gasteiger partial charge in [-0.2, -0.15) is 0 Å². The van der Waals surface area contributed by atoms with Crippen molar-refractivity contribution in [2.75, 3.05) is 5.32 Å². The molecule has 6 heteroatoms. The van der Waals surface area contributed by atoms with Crippen LogP contribution in [0.5, 0.6) is 0 Å². The summed E-state index contributed by atoms with van der Waals surface area (Å²) in [5, 5.41) is 13.1. The first-order valence-corrected chi connectivity index (χ1v) is 7.29. The second-order valence-electron chi connectivity index (χ2n) is 3.81. The van der Waals surface area contributed by atoms with Crippen LogP contribution in [0.25, 0.3) is 6.08 Å². The van der Waals surface area contributed by atoms with E-state index in [0.717, 1.165) is 21.4 Å². The second kappa shape index (κ2) is 6.49. The maximum absolute atomic E-state index is 11.8. The van der Waals surface area contributed by atoms with Crippen LogP contribution >= 0.6 is 27.3 Å². The highest BCUT2D eigenvalue weighted by molar-refractivity contribution is 9.10. The average molecular weight is 352 g/mol. The van der Waals surface area contributed by atoms with Crippen LogP contribution in [0.2, 0.25) is 0 Å². The van der Waals surface area contributed by atoms with Crippen LogP contribution in [-0.2, 0) is 4.79 Å². The summed E-state index contributed by atoms with van der Waals surface area (Å²) in [6, 6.07) is 9.05. The molecule has 1 heterocycles. The zero-order chi connectivity index (χ0) is 14.5. The smallest absolute Gasteiger partial charge is 0.348 e. The lowest BCUT2D eigenvalue weighted by atomic mass is 10.2. The Bertz CT molecular complexity index is 679. The first-order chi connectivity index (χ1) is 9.58. The third-order valence-electron chi connectivity index (χ3n) is 2.44. The summed E-state index contributed by atoms with van der Waals surface area (Å²) in [5.74, 6) is -1.42. The molecule has 0 saturated carbocycles. The van der Waals surface area contributed by atoms with Crippen molar-refractivity contribution >= 4 is 50.9 Å². The lowest BCUT2D eigenvalue weighted by molar-refractivity contribution is -0.111. The fourth-order valence-electron chi connectivity index (χ4n) is 1.52. The summed E-state index contributed by atoms with van der Waals surface area (Å²) in [5.41, 5.74) is 1.18. The number of carboxylic acids is 1. The van der Waals surface area contributed by atoms with Gasteiger partial charge in [0.15, 0.2) is 0 Å². The predicted molar refractivity (Wildman–Crippen MR) is 83.1 cm³/mol. The van der Waals surface area contributed by atoms with Gasteiger partial charge in [-0.1, -0.05) is 34.1 Å². The monoisotopic (exact) mass is 351 g/mol. The number of hydrogen-bond acceptors (Lipinski definition) is 3. The number of aromatic carboxylic acids is 1. The number of amides is 1. The summed E-state index contributed by atoms with van der Waals surface area (Å²) in [4.78, 5) is 22.8. The van der Waals surface area contributed by atoms with Gasteiger partial charge in [-0.25, -0.2) is 4.79 Å². The normalized spacial score (nSPS) is 10.7. The highest BCUT2D eigenvalue weighted by Crippen LogP contribution is 2.22. The van der Waals surface area contributed by atoms with E-state index in [9.17, 15) is 9.59 Å². The molecule has 0 saturated heterocycles. The molecule has 0 bridgehead atoms. The van der Waals surface area contributed by atoms with E-state index < -0.39 is 5.97 Å². The van der Waals surface area contributed by atoms with Crippen LogP contribution in [-0.4, -0.2) is 17.0 Å². The highest BCUT2D eigenvalue weighted by atomic mass is 79.9. The molecule has 1 amide bonds. The topological polar surface area (TPSA) is 66.4 Å². The number of carbonyl (C=O) groups is 2. The fraction of sp³-hybridized carbons (Fsp3) is 0. The predicted octanol–water partition coefficient (Wildman–Crippen LogP) is 3.86.